The van der Waals surface area contributed by atoms with Crippen LogP contribution in [0.5, 0.6) is 0 Å². The van der Waals surface area contributed by atoms with E-state index in [0.717, 1.165) is 31.6 Å². The van der Waals surface area contributed by atoms with E-state index in [9.17, 15) is 9.18 Å². The fourth-order valence-corrected chi connectivity index (χ4v) is 2.10. The SMILES string of the molecule is CCC(=O)c1cc(F)cc(N2CCCC2)c1. The van der Waals surface area contributed by atoms with Crippen molar-refractivity contribution in [2.45, 2.75) is 26.2 Å². The molecule has 1 heterocycles. The van der Waals surface area contributed by atoms with Gasteiger partial charge in [0.2, 0.25) is 0 Å². The van der Waals surface area contributed by atoms with Crippen LogP contribution >= 0.6 is 0 Å². The predicted octanol–water partition coefficient (Wildman–Crippen LogP) is 3.02. The molecule has 0 aromatic heterocycles. The average Bonchev–Trinajstić information content (AvgIpc) is 2.80. The number of hydrogen-bond donors (Lipinski definition) is 0. The third kappa shape index (κ3) is 2.23. The van der Waals surface area contributed by atoms with Crippen LogP contribution < -0.4 is 4.90 Å². The zero-order chi connectivity index (χ0) is 11.5. The molecule has 16 heavy (non-hydrogen) atoms. The number of carbonyl (C=O) groups excluding carboxylic acids is 1. The van der Waals surface area contributed by atoms with Crippen molar-refractivity contribution in [2.24, 2.45) is 0 Å². The molecule has 0 aliphatic carbocycles. The van der Waals surface area contributed by atoms with E-state index >= 15 is 0 Å². The summed E-state index contributed by atoms with van der Waals surface area (Å²) >= 11 is 0. The highest BCUT2D eigenvalue weighted by atomic mass is 19.1. The molecule has 0 bridgehead atoms. The molecule has 2 nitrogen and oxygen atoms in total. The van der Waals surface area contributed by atoms with Crippen molar-refractivity contribution in [1.29, 1.82) is 0 Å². The van der Waals surface area contributed by atoms with Crippen LogP contribution in [0.2, 0.25) is 0 Å². The zero-order valence-electron chi connectivity index (χ0n) is 9.50. The maximum Gasteiger partial charge on any atom is 0.162 e. The number of hydrogen-bond acceptors (Lipinski definition) is 2. The van der Waals surface area contributed by atoms with Gasteiger partial charge in [0.05, 0.1) is 0 Å². The Morgan fingerprint density at radius 2 is 2.00 bits per heavy atom. The topological polar surface area (TPSA) is 20.3 Å². The summed E-state index contributed by atoms with van der Waals surface area (Å²) in [6.07, 6.45) is 2.71. The lowest BCUT2D eigenvalue weighted by molar-refractivity contribution is 0.0987. The number of nitrogens with zero attached hydrogens (tertiary/aromatic N) is 1. The molecule has 2 rings (SSSR count). The molecule has 1 aliphatic heterocycles. The molecule has 0 amide bonds. The van der Waals surface area contributed by atoms with Gasteiger partial charge in [-0.05, 0) is 31.0 Å². The maximum atomic E-state index is 13.4. The van der Waals surface area contributed by atoms with Crippen LogP contribution in [-0.4, -0.2) is 18.9 Å². The van der Waals surface area contributed by atoms with E-state index in [-0.39, 0.29) is 11.6 Å². The van der Waals surface area contributed by atoms with Crippen molar-refractivity contribution in [2.75, 3.05) is 18.0 Å². The Hall–Kier alpha value is -1.38. The summed E-state index contributed by atoms with van der Waals surface area (Å²) < 4.78 is 13.4. The van der Waals surface area contributed by atoms with Gasteiger partial charge in [-0.2, -0.15) is 0 Å². The number of Topliss-reactive ketones (excluding diaryl/α,β-unsaturated/α-hetero) is 1. The van der Waals surface area contributed by atoms with Crippen molar-refractivity contribution in [3.05, 3.63) is 29.6 Å². The van der Waals surface area contributed by atoms with E-state index in [4.69, 9.17) is 0 Å². The zero-order valence-corrected chi connectivity index (χ0v) is 9.50. The van der Waals surface area contributed by atoms with Crippen molar-refractivity contribution in [1.82, 2.24) is 0 Å². The Labute approximate surface area is 95.1 Å². The van der Waals surface area contributed by atoms with Crippen LogP contribution in [0.15, 0.2) is 18.2 Å². The van der Waals surface area contributed by atoms with Crippen LogP contribution in [0.25, 0.3) is 0 Å². The number of ketones is 1. The summed E-state index contributed by atoms with van der Waals surface area (Å²) in [5, 5.41) is 0. The van der Waals surface area contributed by atoms with E-state index in [2.05, 4.69) is 4.90 Å². The van der Waals surface area contributed by atoms with Gasteiger partial charge in [-0.25, -0.2) is 4.39 Å². The second kappa shape index (κ2) is 4.64. The van der Waals surface area contributed by atoms with Gasteiger partial charge < -0.3 is 4.90 Å². The number of rotatable bonds is 3. The van der Waals surface area contributed by atoms with E-state index in [1.54, 1.807) is 13.0 Å². The Morgan fingerprint density at radius 3 is 2.62 bits per heavy atom. The Balaban J connectivity index is 2.31. The molecule has 0 radical (unpaired) electrons. The van der Waals surface area contributed by atoms with Gasteiger partial charge in [0.1, 0.15) is 5.82 Å². The lowest BCUT2D eigenvalue weighted by Gasteiger charge is -2.18. The largest absolute Gasteiger partial charge is 0.371 e. The summed E-state index contributed by atoms with van der Waals surface area (Å²) in [6, 6.07) is 4.64. The third-order valence-electron chi connectivity index (χ3n) is 3.00. The molecular formula is C13H16FNO. The molecule has 0 unspecified atom stereocenters. The minimum Gasteiger partial charge on any atom is -0.371 e. The number of benzene rings is 1. The van der Waals surface area contributed by atoms with Crippen molar-refractivity contribution < 1.29 is 9.18 Å². The Bertz CT molecular complexity index is 397. The molecule has 1 saturated heterocycles. The highest BCUT2D eigenvalue weighted by molar-refractivity contribution is 5.96. The Morgan fingerprint density at radius 1 is 1.31 bits per heavy atom. The fourth-order valence-electron chi connectivity index (χ4n) is 2.10. The molecule has 1 aliphatic rings. The molecule has 1 fully saturated rings. The standard InChI is InChI=1S/C13H16FNO/c1-2-13(16)10-7-11(14)9-12(8-10)15-5-3-4-6-15/h7-9H,2-6H2,1H3. The van der Waals surface area contributed by atoms with E-state index in [1.165, 1.54) is 12.1 Å². The van der Waals surface area contributed by atoms with Crippen molar-refractivity contribution in [3.63, 3.8) is 0 Å². The fraction of sp³-hybridized carbons (Fsp3) is 0.462. The molecule has 86 valence electrons. The quantitative estimate of drug-likeness (QED) is 0.731. The summed E-state index contributed by atoms with van der Waals surface area (Å²) in [4.78, 5) is 13.7. The first-order chi connectivity index (χ1) is 7.70. The van der Waals surface area contributed by atoms with Gasteiger partial charge in [-0.15, -0.1) is 0 Å². The molecule has 0 N–H and O–H groups in total. The first-order valence-corrected chi connectivity index (χ1v) is 5.79. The molecular weight excluding hydrogens is 205 g/mol. The van der Waals surface area contributed by atoms with Crippen LogP contribution in [-0.2, 0) is 0 Å². The number of carbonyl (C=O) groups is 1. The van der Waals surface area contributed by atoms with Gasteiger partial charge in [-0.3, -0.25) is 4.79 Å². The number of anilines is 1. The maximum absolute atomic E-state index is 13.4. The second-order valence-electron chi connectivity index (χ2n) is 4.17. The Kier molecular flexibility index (Phi) is 3.22. The van der Waals surface area contributed by atoms with E-state index < -0.39 is 0 Å². The average molecular weight is 221 g/mol. The monoisotopic (exact) mass is 221 g/mol. The summed E-state index contributed by atoms with van der Waals surface area (Å²) in [5.74, 6) is -0.318. The van der Waals surface area contributed by atoms with E-state index in [0.29, 0.717) is 12.0 Å². The van der Waals surface area contributed by atoms with Crippen LogP contribution in [0.4, 0.5) is 10.1 Å². The van der Waals surface area contributed by atoms with Gasteiger partial charge in [0, 0.05) is 30.8 Å². The van der Waals surface area contributed by atoms with Gasteiger partial charge in [-0.1, -0.05) is 6.92 Å². The summed E-state index contributed by atoms with van der Waals surface area (Å²) in [5.41, 5.74) is 1.33. The third-order valence-corrected chi connectivity index (χ3v) is 3.00. The van der Waals surface area contributed by atoms with Gasteiger partial charge in [0.15, 0.2) is 5.78 Å². The first kappa shape index (κ1) is 11.1. The molecule has 1 aromatic rings. The van der Waals surface area contributed by atoms with Gasteiger partial charge in [0.25, 0.3) is 0 Å². The molecule has 1 aromatic carbocycles. The lowest BCUT2D eigenvalue weighted by atomic mass is 10.1. The van der Waals surface area contributed by atoms with Crippen LogP contribution in [0.1, 0.15) is 36.5 Å². The highest BCUT2D eigenvalue weighted by Gasteiger charge is 2.15. The normalized spacial score (nSPS) is 15.5. The van der Waals surface area contributed by atoms with Crippen molar-refractivity contribution in [3.8, 4) is 0 Å². The number of halogens is 1. The molecule has 0 atom stereocenters. The minimum atomic E-state index is -0.318. The predicted molar refractivity (Wildman–Crippen MR) is 62.5 cm³/mol. The highest BCUT2D eigenvalue weighted by Crippen LogP contribution is 2.23. The smallest absolute Gasteiger partial charge is 0.162 e. The molecule has 0 spiro atoms. The van der Waals surface area contributed by atoms with E-state index in [1.807, 2.05) is 0 Å². The minimum absolute atomic E-state index is 0.0000491. The van der Waals surface area contributed by atoms with Gasteiger partial charge >= 0.3 is 0 Å². The van der Waals surface area contributed by atoms with Crippen LogP contribution in [0, 0.1) is 5.82 Å². The van der Waals surface area contributed by atoms with Crippen LogP contribution in [0.3, 0.4) is 0 Å². The molecule has 0 saturated carbocycles. The summed E-state index contributed by atoms with van der Waals surface area (Å²) in [6.45, 7) is 3.72. The molecule has 3 heteroatoms. The lowest BCUT2D eigenvalue weighted by Crippen LogP contribution is -2.18. The summed E-state index contributed by atoms with van der Waals surface area (Å²) in [7, 11) is 0. The second-order valence-corrected chi connectivity index (χ2v) is 4.17. The van der Waals surface area contributed by atoms with Crippen molar-refractivity contribution >= 4 is 11.5 Å². The first-order valence-electron chi connectivity index (χ1n) is 5.79.